The van der Waals surface area contributed by atoms with Gasteiger partial charge in [-0.1, -0.05) is 26.0 Å². The van der Waals surface area contributed by atoms with E-state index in [2.05, 4.69) is 20.4 Å². The van der Waals surface area contributed by atoms with Crippen molar-refractivity contribution in [3.8, 4) is 5.82 Å². The molecule has 3 rings (SSSR count). The standard InChI is InChI=1S/C19H21N5O/c1-14(2)18-16(13-23-24(18)17-8-4-6-11-21-17)19(25)22-12-9-15-7-3-5-10-20-15/h3-8,10-11,13-14H,9,12H2,1-2H3,(H,22,25). The Morgan fingerprint density at radius 3 is 2.52 bits per heavy atom. The van der Waals surface area contributed by atoms with E-state index in [1.54, 1.807) is 23.3 Å². The van der Waals surface area contributed by atoms with Crippen LogP contribution in [0.5, 0.6) is 0 Å². The Morgan fingerprint density at radius 1 is 1.12 bits per heavy atom. The number of hydrogen-bond acceptors (Lipinski definition) is 4. The number of amides is 1. The molecule has 0 aromatic carbocycles. The van der Waals surface area contributed by atoms with Crippen LogP contribution in [-0.4, -0.2) is 32.2 Å². The summed E-state index contributed by atoms with van der Waals surface area (Å²) in [6.45, 7) is 4.62. The van der Waals surface area contributed by atoms with E-state index >= 15 is 0 Å². The number of nitrogens with zero attached hydrogens (tertiary/aromatic N) is 4. The highest BCUT2D eigenvalue weighted by atomic mass is 16.1. The molecule has 0 aliphatic heterocycles. The maximum atomic E-state index is 12.6. The molecule has 1 N–H and O–H groups in total. The number of aromatic nitrogens is 4. The summed E-state index contributed by atoms with van der Waals surface area (Å²) in [5, 5.41) is 7.33. The topological polar surface area (TPSA) is 72.7 Å². The van der Waals surface area contributed by atoms with Crippen LogP contribution < -0.4 is 5.32 Å². The van der Waals surface area contributed by atoms with Crippen molar-refractivity contribution in [2.75, 3.05) is 6.54 Å². The van der Waals surface area contributed by atoms with Gasteiger partial charge in [0.15, 0.2) is 5.82 Å². The number of carbonyl (C=O) groups excluding carboxylic acids is 1. The molecule has 3 aromatic rings. The summed E-state index contributed by atoms with van der Waals surface area (Å²) >= 11 is 0. The van der Waals surface area contributed by atoms with E-state index < -0.39 is 0 Å². The Morgan fingerprint density at radius 2 is 1.88 bits per heavy atom. The molecule has 0 unspecified atom stereocenters. The molecule has 0 fully saturated rings. The number of nitrogens with one attached hydrogen (secondary N) is 1. The summed E-state index contributed by atoms with van der Waals surface area (Å²) in [7, 11) is 0. The van der Waals surface area contributed by atoms with Crippen LogP contribution in [0.15, 0.2) is 55.0 Å². The van der Waals surface area contributed by atoms with Gasteiger partial charge in [0.1, 0.15) is 0 Å². The van der Waals surface area contributed by atoms with Gasteiger partial charge in [-0.05, 0) is 30.2 Å². The summed E-state index contributed by atoms with van der Waals surface area (Å²) in [5.74, 6) is 0.724. The average molecular weight is 335 g/mol. The second kappa shape index (κ2) is 7.70. The van der Waals surface area contributed by atoms with Crippen LogP contribution in [0.1, 0.15) is 41.5 Å². The van der Waals surface area contributed by atoms with Gasteiger partial charge in [-0.3, -0.25) is 9.78 Å². The highest BCUT2D eigenvalue weighted by Gasteiger charge is 2.21. The van der Waals surface area contributed by atoms with Crippen LogP contribution in [0.4, 0.5) is 0 Å². The van der Waals surface area contributed by atoms with E-state index in [1.807, 2.05) is 50.2 Å². The minimum Gasteiger partial charge on any atom is -0.352 e. The van der Waals surface area contributed by atoms with Gasteiger partial charge >= 0.3 is 0 Å². The number of rotatable bonds is 6. The second-order valence-electron chi connectivity index (χ2n) is 6.02. The molecule has 128 valence electrons. The monoisotopic (exact) mass is 335 g/mol. The van der Waals surface area contributed by atoms with Crippen molar-refractivity contribution >= 4 is 5.91 Å². The fourth-order valence-corrected chi connectivity index (χ4v) is 2.70. The van der Waals surface area contributed by atoms with Crippen molar-refractivity contribution in [3.05, 3.63) is 71.9 Å². The maximum Gasteiger partial charge on any atom is 0.254 e. The van der Waals surface area contributed by atoms with Crippen molar-refractivity contribution in [2.45, 2.75) is 26.2 Å². The Balaban J connectivity index is 1.75. The lowest BCUT2D eigenvalue weighted by Gasteiger charge is -2.12. The number of carbonyl (C=O) groups is 1. The van der Waals surface area contributed by atoms with Crippen molar-refractivity contribution in [3.63, 3.8) is 0 Å². The fourth-order valence-electron chi connectivity index (χ4n) is 2.70. The van der Waals surface area contributed by atoms with Crippen molar-refractivity contribution in [1.29, 1.82) is 0 Å². The molecule has 0 saturated carbocycles. The molecule has 1 amide bonds. The lowest BCUT2D eigenvalue weighted by atomic mass is 10.1. The van der Waals surface area contributed by atoms with Crippen LogP contribution >= 0.6 is 0 Å². The van der Waals surface area contributed by atoms with Gasteiger partial charge in [0.05, 0.1) is 17.5 Å². The highest BCUT2D eigenvalue weighted by Crippen LogP contribution is 2.22. The first-order valence-electron chi connectivity index (χ1n) is 8.34. The minimum atomic E-state index is -0.123. The zero-order valence-electron chi connectivity index (χ0n) is 14.4. The molecule has 3 aromatic heterocycles. The third-order valence-electron chi connectivity index (χ3n) is 3.86. The molecule has 0 aliphatic carbocycles. The molecule has 0 aliphatic rings. The second-order valence-corrected chi connectivity index (χ2v) is 6.02. The minimum absolute atomic E-state index is 0.123. The Bertz CT molecular complexity index is 828. The quantitative estimate of drug-likeness (QED) is 0.752. The first-order valence-corrected chi connectivity index (χ1v) is 8.34. The van der Waals surface area contributed by atoms with Gasteiger partial charge in [0.2, 0.25) is 0 Å². The van der Waals surface area contributed by atoms with E-state index in [-0.39, 0.29) is 11.8 Å². The number of pyridine rings is 2. The van der Waals surface area contributed by atoms with Gasteiger partial charge in [-0.2, -0.15) is 5.10 Å². The molecule has 0 radical (unpaired) electrons. The van der Waals surface area contributed by atoms with Gasteiger partial charge in [0.25, 0.3) is 5.91 Å². The first-order chi connectivity index (χ1) is 12.2. The molecular formula is C19H21N5O. The molecule has 0 bridgehead atoms. The van der Waals surface area contributed by atoms with Crippen LogP contribution in [0.2, 0.25) is 0 Å². The lowest BCUT2D eigenvalue weighted by molar-refractivity contribution is 0.0952. The van der Waals surface area contributed by atoms with E-state index in [0.717, 1.165) is 11.4 Å². The molecular weight excluding hydrogens is 314 g/mol. The third-order valence-corrected chi connectivity index (χ3v) is 3.86. The van der Waals surface area contributed by atoms with Crippen LogP contribution in [0.3, 0.4) is 0 Å². The molecule has 6 nitrogen and oxygen atoms in total. The predicted octanol–water partition coefficient (Wildman–Crippen LogP) is 2.76. The first kappa shape index (κ1) is 16.8. The van der Waals surface area contributed by atoms with Crippen LogP contribution in [0.25, 0.3) is 5.82 Å². The lowest BCUT2D eigenvalue weighted by Crippen LogP contribution is -2.27. The molecule has 0 saturated heterocycles. The van der Waals surface area contributed by atoms with E-state index in [1.165, 1.54) is 0 Å². The molecule has 25 heavy (non-hydrogen) atoms. The van der Waals surface area contributed by atoms with Crippen molar-refractivity contribution in [1.82, 2.24) is 25.1 Å². The fraction of sp³-hybridized carbons (Fsp3) is 0.263. The number of hydrogen-bond donors (Lipinski definition) is 1. The van der Waals surface area contributed by atoms with Gasteiger partial charge < -0.3 is 5.32 Å². The molecule has 6 heteroatoms. The summed E-state index contributed by atoms with van der Waals surface area (Å²) < 4.78 is 1.73. The zero-order valence-corrected chi connectivity index (χ0v) is 14.4. The van der Waals surface area contributed by atoms with E-state index in [0.29, 0.717) is 24.3 Å². The zero-order chi connectivity index (χ0) is 17.6. The van der Waals surface area contributed by atoms with Gasteiger partial charge in [-0.25, -0.2) is 9.67 Å². The summed E-state index contributed by atoms with van der Waals surface area (Å²) in [4.78, 5) is 21.2. The molecule has 0 atom stereocenters. The maximum absolute atomic E-state index is 12.6. The van der Waals surface area contributed by atoms with Crippen LogP contribution in [0, 0.1) is 0 Å². The SMILES string of the molecule is CC(C)c1c(C(=O)NCCc2ccccn2)cnn1-c1ccccn1. The van der Waals surface area contributed by atoms with Crippen molar-refractivity contribution < 1.29 is 4.79 Å². The van der Waals surface area contributed by atoms with E-state index in [9.17, 15) is 4.79 Å². The summed E-state index contributed by atoms with van der Waals surface area (Å²) in [6, 6.07) is 11.4. The Hall–Kier alpha value is -3.02. The molecule has 0 spiro atoms. The molecule has 3 heterocycles. The normalized spacial score (nSPS) is 10.8. The largest absolute Gasteiger partial charge is 0.352 e. The predicted molar refractivity (Wildman–Crippen MR) is 95.7 cm³/mol. The van der Waals surface area contributed by atoms with Crippen molar-refractivity contribution in [2.24, 2.45) is 0 Å². The van der Waals surface area contributed by atoms with Gasteiger partial charge in [-0.15, -0.1) is 0 Å². The average Bonchev–Trinajstić information content (AvgIpc) is 3.09. The van der Waals surface area contributed by atoms with Gasteiger partial charge in [0, 0.05) is 31.1 Å². The summed E-state index contributed by atoms with van der Waals surface area (Å²) in [6.07, 6.45) is 5.77. The Kier molecular flexibility index (Phi) is 5.18. The summed E-state index contributed by atoms with van der Waals surface area (Å²) in [5.41, 5.74) is 2.40. The Labute approximate surface area is 146 Å². The smallest absolute Gasteiger partial charge is 0.254 e. The van der Waals surface area contributed by atoms with Crippen LogP contribution in [-0.2, 0) is 6.42 Å². The van der Waals surface area contributed by atoms with E-state index in [4.69, 9.17) is 0 Å². The highest BCUT2D eigenvalue weighted by molar-refractivity contribution is 5.95. The third kappa shape index (κ3) is 3.91.